The van der Waals surface area contributed by atoms with Crippen LogP contribution in [0.3, 0.4) is 0 Å². The molecule has 0 aromatic carbocycles. The molecule has 1 aliphatic heterocycles. The van der Waals surface area contributed by atoms with E-state index >= 15 is 0 Å². The van der Waals surface area contributed by atoms with Gasteiger partial charge in [0, 0.05) is 12.1 Å². The molecule has 0 radical (unpaired) electrons. The lowest BCUT2D eigenvalue weighted by Crippen LogP contribution is -2.51. The Morgan fingerprint density at radius 3 is 2.71 bits per heavy atom. The van der Waals surface area contributed by atoms with E-state index in [-0.39, 0.29) is 6.10 Å². The summed E-state index contributed by atoms with van der Waals surface area (Å²) in [4.78, 5) is 23.6. The summed E-state index contributed by atoms with van der Waals surface area (Å²) in [6.45, 7) is 4.04. The van der Waals surface area contributed by atoms with Crippen LogP contribution in [0.4, 0.5) is 4.79 Å². The molecule has 0 aromatic heterocycles. The molecule has 1 N–H and O–H groups in total. The molecule has 96 valence electrons. The molecule has 0 bridgehead atoms. The summed E-state index contributed by atoms with van der Waals surface area (Å²) >= 11 is 0. The second-order valence-electron chi connectivity index (χ2n) is 3.88. The number of carbonyl (C=O) groups excluding carboxylic acids is 1. The van der Waals surface area contributed by atoms with E-state index in [9.17, 15) is 9.59 Å². The van der Waals surface area contributed by atoms with Crippen molar-refractivity contribution in [3.63, 3.8) is 0 Å². The van der Waals surface area contributed by atoms with Gasteiger partial charge in [0.25, 0.3) is 0 Å². The molecule has 0 aliphatic carbocycles. The van der Waals surface area contributed by atoms with E-state index in [1.54, 1.807) is 19.9 Å². The number of esters is 1. The molecule has 1 amide bonds. The largest absolute Gasteiger partial charge is 0.466 e. The summed E-state index contributed by atoms with van der Waals surface area (Å²) < 4.78 is 9.95. The van der Waals surface area contributed by atoms with E-state index in [2.05, 4.69) is 4.74 Å². The van der Waals surface area contributed by atoms with E-state index < -0.39 is 18.1 Å². The first kappa shape index (κ1) is 13.5. The van der Waals surface area contributed by atoms with E-state index in [0.29, 0.717) is 18.7 Å². The molecular weight excluding hydrogens is 226 g/mol. The second kappa shape index (κ2) is 5.67. The van der Waals surface area contributed by atoms with Crippen molar-refractivity contribution < 1.29 is 24.2 Å². The minimum absolute atomic E-state index is 0.278. The molecule has 1 aliphatic rings. The van der Waals surface area contributed by atoms with Crippen molar-refractivity contribution in [2.45, 2.75) is 26.0 Å². The average Bonchev–Trinajstić information content (AvgIpc) is 2.30. The number of hydrogen-bond donors (Lipinski definition) is 1. The fraction of sp³-hybridized carbons (Fsp3) is 0.636. The van der Waals surface area contributed by atoms with Crippen LogP contribution in [0.5, 0.6) is 0 Å². The van der Waals surface area contributed by atoms with Gasteiger partial charge in [0.2, 0.25) is 0 Å². The van der Waals surface area contributed by atoms with Gasteiger partial charge in [-0.05, 0) is 19.9 Å². The molecule has 2 unspecified atom stereocenters. The molecule has 2 atom stereocenters. The van der Waals surface area contributed by atoms with Crippen LogP contribution in [0, 0.1) is 0 Å². The van der Waals surface area contributed by atoms with Gasteiger partial charge in [0.1, 0.15) is 0 Å². The van der Waals surface area contributed by atoms with Crippen molar-refractivity contribution in [3.8, 4) is 0 Å². The number of hydrogen-bond acceptors (Lipinski definition) is 4. The van der Waals surface area contributed by atoms with Crippen LogP contribution in [0.15, 0.2) is 11.6 Å². The molecule has 1 saturated heterocycles. The number of nitrogens with zero attached hydrogens (tertiary/aromatic N) is 1. The number of rotatable bonds is 2. The van der Waals surface area contributed by atoms with Crippen molar-refractivity contribution in [2.75, 3.05) is 20.3 Å². The number of carbonyl (C=O) groups is 2. The first-order valence-corrected chi connectivity index (χ1v) is 5.35. The number of methoxy groups -OCH3 is 1. The molecular formula is C11H17NO5. The van der Waals surface area contributed by atoms with Crippen molar-refractivity contribution in [2.24, 2.45) is 0 Å². The minimum atomic E-state index is -1.01. The van der Waals surface area contributed by atoms with Crippen LogP contribution in [-0.4, -0.2) is 54.5 Å². The summed E-state index contributed by atoms with van der Waals surface area (Å²) in [6.07, 6.45) is 0.280. The van der Waals surface area contributed by atoms with E-state index in [1.807, 2.05) is 0 Å². The maximum Gasteiger partial charge on any atom is 0.407 e. The van der Waals surface area contributed by atoms with Gasteiger partial charge in [0.15, 0.2) is 0 Å². The zero-order chi connectivity index (χ0) is 13.0. The number of morpholine rings is 1. The lowest BCUT2D eigenvalue weighted by molar-refractivity contribution is -0.136. The van der Waals surface area contributed by atoms with Crippen molar-refractivity contribution in [1.29, 1.82) is 0 Å². The molecule has 17 heavy (non-hydrogen) atoms. The smallest absolute Gasteiger partial charge is 0.407 e. The van der Waals surface area contributed by atoms with Gasteiger partial charge in [-0.2, -0.15) is 0 Å². The highest BCUT2D eigenvalue weighted by atomic mass is 16.5. The van der Waals surface area contributed by atoms with Crippen LogP contribution < -0.4 is 0 Å². The first-order valence-electron chi connectivity index (χ1n) is 5.35. The molecule has 1 rings (SSSR count). The maximum atomic E-state index is 11.3. The van der Waals surface area contributed by atoms with E-state index in [0.717, 1.165) is 0 Å². The number of ether oxygens (including phenoxy) is 2. The highest BCUT2D eigenvalue weighted by Crippen LogP contribution is 2.17. The van der Waals surface area contributed by atoms with E-state index in [4.69, 9.17) is 9.84 Å². The highest BCUT2D eigenvalue weighted by Gasteiger charge is 2.31. The quantitative estimate of drug-likeness (QED) is 0.575. The Morgan fingerprint density at radius 1 is 1.53 bits per heavy atom. The van der Waals surface area contributed by atoms with Crippen LogP contribution >= 0.6 is 0 Å². The average molecular weight is 243 g/mol. The van der Waals surface area contributed by atoms with Gasteiger partial charge in [-0.25, -0.2) is 9.59 Å². The third kappa shape index (κ3) is 3.20. The summed E-state index contributed by atoms with van der Waals surface area (Å²) in [7, 11) is 1.29. The Kier molecular flexibility index (Phi) is 4.51. The predicted octanol–water partition coefficient (Wildman–Crippen LogP) is 0.873. The second-order valence-corrected chi connectivity index (χ2v) is 3.88. The Morgan fingerprint density at radius 2 is 2.18 bits per heavy atom. The predicted molar refractivity (Wildman–Crippen MR) is 59.7 cm³/mol. The monoisotopic (exact) mass is 243 g/mol. The third-order valence-electron chi connectivity index (χ3n) is 2.73. The normalized spacial score (nSPS) is 25.6. The molecule has 6 nitrogen and oxygen atoms in total. The van der Waals surface area contributed by atoms with Gasteiger partial charge >= 0.3 is 12.1 Å². The zero-order valence-corrected chi connectivity index (χ0v) is 10.2. The molecule has 6 heteroatoms. The Balaban J connectivity index is 2.89. The highest BCUT2D eigenvalue weighted by molar-refractivity contribution is 5.87. The van der Waals surface area contributed by atoms with Crippen LogP contribution in [0.25, 0.3) is 0 Å². The lowest BCUT2D eigenvalue weighted by atomic mass is 10.1. The molecule has 1 fully saturated rings. The molecule has 0 aromatic rings. The Bertz CT molecular complexity index is 339. The standard InChI is InChI=1S/C11H17NO5/c1-7(10(13)16-3)6-9-8(2)17-5-4-12(9)11(14)15/h6,8-9H,4-5H2,1-3H3,(H,14,15). The topological polar surface area (TPSA) is 76.1 Å². The first-order chi connectivity index (χ1) is 7.97. The van der Waals surface area contributed by atoms with Gasteiger partial charge in [-0.15, -0.1) is 0 Å². The van der Waals surface area contributed by atoms with E-state index in [1.165, 1.54) is 12.0 Å². The molecule has 0 saturated carbocycles. The molecule has 1 heterocycles. The molecule has 0 spiro atoms. The fourth-order valence-electron chi connectivity index (χ4n) is 1.77. The summed E-state index contributed by atoms with van der Waals surface area (Å²) in [5.74, 6) is -0.465. The lowest BCUT2D eigenvalue weighted by Gasteiger charge is -2.36. The number of carboxylic acid groups (broad SMARTS) is 1. The minimum Gasteiger partial charge on any atom is -0.466 e. The van der Waals surface area contributed by atoms with Crippen LogP contribution in [-0.2, 0) is 14.3 Å². The van der Waals surface area contributed by atoms with Crippen LogP contribution in [0.1, 0.15) is 13.8 Å². The van der Waals surface area contributed by atoms with Crippen LogP contribution in [0.2, 0.25) is 0 Å². The summed E-state index contributed by atoms with van der Waals surface area (Å²) in [5.41, 5.74) is 0.376. The Labute approximate surface area is 99.8 Å². The SMILES string of the molecule is COC(=O)C(C)=CC1C(C)OCCN1C(=O)O. The van der Waals surface area contributed by atoms with Gasteiger partial charge in [0.05, 0.1) is 25.9 Å². The third-order valence-corrected chi connectivity index (χ3v) is 2.73. The van der Waals surface area contributed by atoms with Crippen molar-refractivity contribution >= 4 is 12.1 Å². The summed E-state index contributed by atoms with van der Waals surface area (Å²) in [6, 6.07) is -0.458. The Hall–Kier alpha value is -1.56. The van der Waals surface area contributed by atoms with Gasteiger partial charge in [-0.1, -0.05) is 0 Å². The zero-order valence-electron chi connectivity index (χ0n) is 10.2. The number of amides is 1. The summed E-state index contributed by atoms with van der Waals surface area (Å²) in [5, 5.41) is 9.06. The van der Waals surface area contributed by atoms with Gasteiger partial charge < -0.3 is 14.6 Å². The maximum absolute atomic E-state index is 11.3. The fourth-order valence-corrected chi connectivity index (χ4v) is 1.77. The van der Waals surface area contributed by atoms with Crippen molar-refractivity contribution in [3.05, 3.63) is 11.6 Å². The van der Waals surface area contributed by atoms with Crippen molar-refractivity contribution in [1.82, 2.24) is 4.90 Å². The van der Waals surface area contributed by atoms with Gasteiger partial charge in [-0.3, -0.25) is 4.90 Å².